The summed E-state index contributed by atoms with van der Waals surface area (Å²) < 4.78 is 13.8. The number of aromatic amines is 1. The number of nitrogens with one attached hydrogen (secondary N) is 1. The van der Waals surface area contributed by atoms with Crippen LogP contribution in [0.2, 0.25) is 0 Å². The van der Waals surface area contributed by atoms with E-state index >= 15 is 0 Å². The molecule has 92 valence electrons. The molecular weight excluding hydrogens is 231 g/mol. The van der Waals surface area contributed by atoms with Crippen molar-refractivity contribution < 1.29 is 4.39 Å². The molecule has 0 amide bonds. The Labute approximate surface area is 104 Å². The maximum absolute atomic E-state index is 13.8. The van der Waals surface area contributed by atoms with Crippen LogP contribution in [0.3, 0.4) is 0 Å². The second-order valence-corrected chi connectivity index (χ2v) is 4.63. The largest absolute Gasteiger partial charge is 0.345 e. The lowest BCUT2D eigenvalue weighted by atomic mass is 9.78. The van der Waals surface area contributed by atoms with Crippen molar-refractivity contribution >= 4 is 0 Å². The quantitative estimate of drug-likeness (QED) is 0.882. The lowest BCUT2D eigenvalue weighted by Crippen LogP contribution is -2.14. The van der Waals surface area contributed by atoms with Crippen molar-refractivity contribution in [3.05, 3.63) is 52.3 Å². The van der Waals surface area contributed by atoms with Gasteiger partial charge in [0, 0.05) is 5.56 Å². The van der Waals surface area contributed by atoms with Gasteiger partial charge in [-0.1, -0.05) is 30.7 Å². The fourth-order valence-corrected chi connectivity index (χ4v) is 2.37. The number of aromatic nitrogens is 2. The summed E-state index contributed by atoms with van der Waals surface area (Å²) in [6.07, 6.45) is 4.46. The van der Waals surface area contributed by atoms with E-state index in [1.165, 1.54) is 6.42 Å². The highest BCUT2D eigenvalue weighted by atomic mass is 19.1. The highest BCUT2D eigenvalue weighted by Gasteiger charge is 2.23. The summed E-state index contributed by atoms with van der Waals surface area (Å²) in [7, 11) is 0. The van der Waals surface area contributed by atoms with Crippen molar-refractivity contribution in [1.29, 1.82) is 0 Å². The molecule has 0 unspecified atom stereocenters. The smallest absolute Gasteiger partial charge is 0.303 e. The van der Waals surface area contributed by atoms with Gasteiger partial charge in [-0.2, -0.15) is 4.98 Å². The Hall–Kier alpha value is -1.97. The van der Waals surface area contributed by atoms with Gasteiger partial charge in [0.25, 0.3) is 0 Å². The van der Waals surface area contributed by atoms with Gasteiger partial charge in [0.2, 0.25) is 0 Å². The van der Waals surface area contributed by atoms with Crippen LogP contribution < -0.4 is 5.69 Å². The molecule has 1 aliphatic rings. The van der Waals surface area contributed by atoms with Crippen molar-refractivity contribution in [2.75, 3.05) is 0 Å². The highest BCUT2D eigenvalue weighted by molar-refractivity contribution is 5.64. The Balaban J connectivity index is 2.16. The topological polar surface area (TPSA) is 45.8 Å². The van der Waals surface area contributed by atoms with Crippen LogP contribution in [0.25, 0.3) is 11.3 Å². The first-order chi connectivity index (χ1) is 8.75. The summed E-state index contributed by atoms with van der Waals surface area (Å²) in [4.78, 5) is 17.1. The van der Waals surface area contributed by atoms with E-state index in [1.807, 2.05) is 24.3 Å². The van der Waals surface area contributed by atoms with Gasteiger partial charge in [0.15, 0.2) is 5.82 Å². The molecule has 1 aliphatic carbocycles. The van der Waals surface area contributed by atoms with Gasteiger partial charge in [0.05, 0.1) is 11.9 Å². The molecule has 2 aromatic rings. The average Bonchev–Trinajstić information content (AvgIpc) is 2.31. The molecule has 1 N–H and O–H groups in total. The van der Waals surface area contributed by atoms with E-state index in [0.717, 1.165) is 30.2 Å². The van der Waals surface area contributed by atoms with Crippen LogP contribution in [-0.4, -0.2) is 9.97 Å². The Bertz CT molecular complexity index is 632. The first kappa shape index (κ1) is 11.1. The highest BCUT2D eigenvalue weighted by Crippen LogP contribution is 2.40. The van der Waals surface area contributed by atoms with Crippen LogP contribution in [0.4, 0.5) is 4.39 Å². The fourth-order valence-electron chi connectivity index (χ4n) is 2.37. The van der Waals surface area contributed by atoms with Gasteiger partial charge >= 0.3 is 5.69 Å². The van der Waals surface area contributed by atoms with Crippen molar-refractivity contribution in [3.8, 4) is 11.3 Å². The van der Waals surface area contributed by atoms with Crippen LogP contribution in [0.5, 0.6) is 0 Å². The molecule has 1 saturated carbocycles. The molecule has 0 aliphatic heterocycles. The maximum atomic E-state index is 13.8. The van der Waals surface area contributed by atoms with Gasteiger partial charge in [0.1, 0.15) is 0 Å². The molecule has 3 nitrogen and oxygen atoms in total. The van der Waals surface area contributed by atoms with Crippen LogP contribution >= 0.6 is 0 Å². The van der Waals surface area contributed by atoms with Crippen molar-refractivity contribution in [2.24, 2.45) is 0 Å². The van der Waals surface area contributed by atoms with Gasteiger partial charge < -0.3 is 4.98 Å². The van der Waals surface area contributed by atoms with E-state index in [1.54, 1.807) is 0 Å². The molecule has 1 aromatic carbocycles. The van der Waals surface area contributed by atoms with Crippen molar-refractivity contribution in [3.63, 3.8) is 0 Å². The Morgan fingerprint density at radius 2 is 2.06 bits per heavy atom. The number of hydrogen-bond acceptors (Lipinski definition) is 2. The molecular formula is C14H13FN2O. The molecule has 0 bridgehead atoms. The summed E-state index contributed by atoms with van der Waals surface area (Å²) in [5.41, 5.74) is 1.62. The average molecular weight is 244 g/mol. The zero-order chi connectivity index (χ0) is 12.5. The van der Waals surface area contributed by atoms with E-state index in [9.17, 15) is 9.18 Å². The molecule has 1 fully saturated rings. The third-order valence-electron chi connectivity index (χ3n) is 3.54. The molecule has 0 spiro atoms. The summed E-state index contributed by atoms with van der Waals surface area (Å²) >= 11 is 0. The summed E-state index contributed by atoms with van der Waals surface area (Å²) in [5, 5.41) is 0. The molecule has 4 heteroatoms. The van der Waals surface area contributed by atoms with Gasteiger partial charge in [-0.05, 0) is 24.3 Å². The molecule has 0 atom stereocenters. The van der Waals surface area contributed by atoms with Gasteiger partial charge in [-0.15, -0.1) is 0 Å². The van der Waals surface area contributed by atoms with Crippen LogP contribution in [-0.2, 0) is 0 Å². The van der Waals surface area contributed by atoms with E-state index in [4.69, 9.17) is 0 Å². The first-order valence-electron chi connectivity index (χ1n) is 6.10. The van der Waals surface area contributed by atoms with E-state index in [0.29, 0.717) is 5.92 Å². The number of benzene rings is 1. The first-order valence-corrected chi connectivity index (χ1v) is 6.10. The summed E-state index contributed by atoms with van der Waals surface area (Å²) in [6.45, 7) is 0. The third-order valence-corrected chi connectivity index (χ3v) is 3.54. The standard InChI is InChI=1S/C14H13FN2O/c15-12-8-16-14(18)17-13(12)11-7-2-1-6-10(11)9-4-3-5-9/h1-2,6-9H,3-5H2,(H,16,17,18). The maximum Gasteiger partial charge on any atom is 0.345 e. The van der Waals surface area contributed by atoms with Crippen LogP contribution in [0.1, 0.15) is 30.7 Å². The predicted octanol–water partition coefficient (Wildman–Crippen LogP) is 2.84. The second kappa shape index (κ2) is 4.37. The molecule has 0 saturated heterocycles. The minimum atomic E-state index is -0.519. The second-order valence-electron chi connectivity index (χ2n) is 4.63. The number of nitrogens with zero attached hydrogens (tertiary/aromatic N) is 1. The van der Waals surface area contributed by atoms with E-state index in [-0.39, 0.29) is 5.69 Å². The zero-order valence-electron chi connectivity index (χ0n) is 9.82. The molecule has 1 heterocycles. The number of halogens is 1. The minimum Gasteiger partial charge on any atom is -0.303 e. The Morgan fingerprint density at radius 1 is 1.28 bits per heavy atom. The molecule has 18 heavy (non-hydrogen) atoms. The van der Waals surface area contributed by atoms with Gasteiger partial charge in [-0.3, -0.25) is 0 Å². The normalized spacial score (nSPS) is 15.4. The fraction of sp³-hybridized carbons (Fsp3) is 0.286. The zero-order valence-corrected chi connectivity index (χ0v) is 9.82. The van der Waals surface area contributed by atoms with Crippen LogP contribution in [0, 0.1) is 5.82 Å². The van der Waals surface area contributed by atoms with Crippen molar-refractivity contribution in [1.82, 2.24) is 9.97 Å². The lowest BCUT2D eigenvalue weighted by molar-refractivity contribution is 0.420. The SMILES string of the molecule is O=c1ncc(F)c(-c2ccccc2C2CCC2)[nH]1. The number of rotatable bonds is 2. The number of H-pyrrole nitrogens is 1. The predicted molar refractivity (Wildman–Crippen MR) is 66.8 cm³/mol. The lowest BCUT2D eigenvalue weighted by Gasteiger charge is -2.27. The number of hydrogen-bond donors (Lipinski definition) is 1. The minimum absolute atomic E-state index is 0.248. The Kier molecular flexibility index (Phi) is 2.70. The Morgan fingerprint density at radius 3 is 2.78 bits per heavy atom. The van der Waals surface area contributed by atoms with E-state index in [2.05, 4.69) is 9.97 Å². The van der Waals surface area contributed by atoms with Gasteiger partial charge in [-0.25, -0.2) is 9.18 Å². The summed E-state index contributed by atoms with van der Waals surface area (Å²) in [5.74, 6) is -0.00126. The summed E-state index contributed by atoms with van der Waals surface area (Å²) in [6, 6.07) is 7.67. The molecule has 0 radical (unpaired) electrons. The van der Waals surface area contributed by atoms with Crippen LogP contribution in [0.15, 0.2) is 35.3 Å². The van der Waals surface area contributed by atoms with Crippen molar-refractivity contribution in [2.45, 2.75) is 25.2 Å². The van der Waals surface area contributed by atoms with E-state index < -0.39 is 11.5 Å². The third kappa shape index (κ3) is 1.83. The molecule has 3 rings (SSSR count). The monoisotopic (exact) mass is 244 g/mol. The molecule has 1 aromatic heterocycles.